The Morgan fingerprint density at radius 2 is 2.09 bits per heavy atom. The minimum atomic E-state index is -3.94. The highest BCUT2D eigenvalue weighted by atomic mass is 35.5. The second kappa shape index (κ2) is 8.78. The van der Waals surface area contributed by atoms with Gasteiger partial charge in [-0.2, -0.15) is 0 Å². The molecule has 0 radical (unpaired) electrons. The Balaban J connectivity index is 1.84. The molecule has 4 heterocycles. The molecule has 0 aliphatic carbocycles. The molecule has 1 saturated heterocycles. The standard InChI is InChI=1S/C22H27ClN4O5S2/c1-13-8-14(11-24-10-13)16-9-15(23)18(33-16)22-6-7-31-12-17(22)34(29,30)27(5)19(26-22)25-20(28)32-21(2,3)4/h8-11,17H,6-7,12H2,1-5H3,(H,25,26,28)/t17?,22-/m0/s1. The largest absolute Gasteiger partial charge is 0.444 e. The van der Waals surface area contributed by atoms with E-state index in [9.17, 15) is 13.2 Å². The average Bonchev–Trinajstić information content (AvgIpc) is 3.13. The van der Waals surface area contributed by atoms with E-state index in [2.05, 4.69) is 10.3 Å². The first-order valence-corrected chi connectivity index (χ1v) is 13.4. The molecule has 2 aliphatic rings. The number of sulfonamides is 1. The quantitative estimate of drug-likeness (QED) is 0.635. The lowest BCUT2D eigenvalue weighted by atomic mass is 9.88. The van der Waals surface area contributed by atoms with E-state index in [0.717, 1.165) is 20.3 Å². The number of guanidine groups is 1. The Hall–Kier alpha value is -2.21. The van der Waals surface area contributed by atoms with E-state index < -0.39 is 32.5 Å². The van der Waals surface area contributed by atoms with Gasteiger partial charge in [0.25, 0.3) is 0 Å². The summed E-state index contributed by atoms with van der Waals surface area (Å²) in [5, 5.41) is 1.93. The lowest BCUT2D eigenvalue weighted by molar-refractivity contribution is 0.0518. The number of rotatable bonds is 2. The number of nitrogens with one attached hydrogen (secondary N) is 1. The highest BCUT2D eigenvalue weighted by Gasteiger charge is 2.57. The fourth-order valence-corrected chi connectivity index (χ4v) is 7.59. The molecule has 1 unspecified atom stereocenters. The summed E-state index contributed by atoms with van der Waals surface area (Å²) in [7, 11) is -2.59. The van der Waals surface area contributed by atoms with E-state index in [0.29, 0.717) is 16.5 Å². The van der Waals surface area contributed by atoms with Crippen molar-refractivity contribution in [1.29, 1.82) is 0 Å². The lowest BCUT2D eigenvalue weighted by Crippen LogP contribution is -2.62. The Bertz CT molecular complexity index is 1250. The van der Waals surface area contributed by atoms with Gasteiger partial charge in [-0.1, -0.05) is 11.6 Å². The molecule has 0 saturated carbocycles. The van der Waals surface area contributed by atoms with Crippen molar-refractivity contribution in [2.24, 2.45) is 4.99 Å². The Kier molecular flexibility index (Phi) is 6.43. The molecule has 2 aromatic heterocycles. The summed E-state index contributed by atoms with van der Waals surface area (Å²) in [6.45, 7) is 7.37. The maximum atomic E-state index is 13.6. The molecule has 184 valence electrons. The van der Waals surface area contributed by atoms with Crippen LogP contribution in [0.4, 0.5) is 4.79 Å². The lowest BCUT2D eigenvalue weighted by Gasteiger charge is -2.45. The van der Waals surface area contributed by atoms with Gasteiger partial charge in [-0.15, -0.1) is 11.3 Å². The van der Waals surface area contributed by atoms with Crippen LogP contribution in [0.2, 0.25) is 5.02 Å². The van der Waals surface area contributed by atoms with Gasteiger partial charge in [0.15, 0.2) is 0 Å². The first kappa shape index (κ1) is 24.9. The molecule has 1 fully saturated rings. The molecule has 0 aromatic carbocycles. The van der Waals surface area contributed by atoms with Crippen LogP contribution in [-0.4, -0.2) is 60.9 Å². The normalized spacial score (nSPS) is 24.2. The van der Waals surface area contributed by atoms with Crippen LogP contribution in [0, 0.1) is 6.92 Å². The number of carbonyl (C=O) groups excluding carboxylic acids is 1. The molecule has 1 amide bonds. The van der Waals surface area contributed by atoms with Crippen molar-refractivity contribution in [3.05, 3.63) is 40.0 Å². The van der Waals surface area contributed by atoms with Gasteiger partial charge < -0.3 is 9.47 Å². The van der Waals surface area contributed by atoms with E-state index in [1.807, 2.05) is 13.0 Å². The fraction of sp³-hybridized carbons (Fsp3) is 0.500. The molecule has 4 rings (SSSR count). The predicted octanol–water partition coefficient (Wildman–Crippen LogP) is 3.91. The molecule has 2 aliphatic heterocycles. The molecule has 1 N–H and O–H groups in total. The maximum Gasteiger partial charge on any atom is 0.414 e. The van der Waals surface area contributed by atoms with Crippen LogP contribution in [0.3, 0.4) is 0 Å². The van der Waals surface area contributed by atoms with Gasteiger partial charge in [0, 0.05) is 42.9 Å². The minimum Gasteiger partial charge on any atom is -0.444 e. The molecule has 12 heteroatoms. The van der Waals surface area contributed by atoms with Crippen molar-refractivity contribution in [1.82, 2.24) is 14.6 Å². The Morgan fingerprint density at radius 1 is 1.35 bits per heavy atom. The van der Waals surface area contributed by atoms with E-state index >= 15 is 0 Å². The van der Waals surface area contributed by atoms with Gasteiger partial charge in [0.05, 0.1) is 16.5 Å². The minimum absolute atomic E-state index is 0.0363. The Morgan fingerprint density at radius 3 is 2.76 bits per heavy atom. The van der Waals surface area contributed by atoms with E-state index in [-0.39, 0.29) is 19.0 Å². The molecule has 0 spiro atoms. The van der Waals surface area contributed by atoms with Gasteiger partial charge in [-0.05, 0) is 45.4 Å². The summed E-state index contributed by atoms with van der Waals surface area (Å²) in [5.41, 5.74) is -0.103. The number of carbonyl (C=O) groups is 1. The summed E-state index contributed by atoms with van der Waals surface area (Å²) in [6.07, 6.45) is 2.99. The summed E-state index contributed by atoms with van der Waals surface area (Å²) in [5.74, 6) is -0.115. The molecule has 34 heavy (non-hydrogen) atoms. The van der Waals surface area contributed by atoms with Gasteiger partial charge in [0.1, 0.15) is 16.4 Å². The number of hydrogen-bond acceptors (Lipinski definition) is 8. The number of pyridine rings is 1. The molecule has 2 aromatic rings. The number of amides is 1. The summed E-state index contributed by atoms with van der Waals surface area (Å²) in [4.78, 5) is 23.0. The van der Waals surface area contributed by atoms with E-state index in [4.69, 9.17) is 26.1 Å². The van der Waals surface area contributed by atoms with Crippen LogP contribution in [0.1, 0.15) is 37.6 Å². The molecule has 0 bridgehead atoms. The molecule has 9 nitrogen and oxygen atoms in total. The Labute approximate surface area is 208 Å². The van der Waals surface area contributed by atoms with Crippen molar-refractivity contribution >= 4 is 45.0 Å². The SMILES string of the molecule is Cc1cncc(-c2cc(Cl)c([C@]34CCOCC3S(=O)(=O)N(C)C(NC(=O)OC(C)(C)C)=N4)s2)c1. The molecule has 2 atom stereocenters. The number of aliphatic imine (C=N–C) groups is 1. The van der Waals surface area contributed by atoms with Gasteiger partial charge in [0.2, 0.25) is 16.0 Å². The van der Waals surface area contributed by atoms with Gasteiger partial charge in [-0.25, -0.2) is 22.5 Å². The number of aromatic nitrogens is 1. The predicted molar refractivity (Wildman–Crippen MR) is 132 cm³/mol. The van der Waals surface area contributed by atoms with Crippen LogP contribution in [0.15, 0.2) is 29.5 Å². The number of halogens is 1. The number of thiophene rings is 1. The highest BCUT2D eigenvalue weighted by Crippen LogP contribution is 2.50. The van der Waals surface area contributed by atoms with Crippen LogP contribution in [-0.2, 0) is 25.0 Å². The van der Waals surface area contributed by atoms with Gasteiger partial charge in [-0.3, -0.25) is 10.3 Å². The van der Waals surface area contributed by atoms with E-state index in [1.165, 1.54) is 18.4 Å². The van der Waals surface area contributed by atoms with Crippen molar-refractivity contribution in [2.75, 3.05) is 20.3 Å². The number of alkyl carbamates (subject to hydrolysis) is 1. The summed E-state index contributed by atoms with van der Waals surface area (Å²) in [6, 6.07) is 3.79. The first-order valence-electron chi connectivity index (χ1n) is 10.7. The summed E-state index contributed by atoms with van der Waals surface area (Å²) >= 11 is 8.09. The van der Waals surface area contributed by atoms with E-state index in [1.54, 1.807) is 39.2 Å². The van der Waals surface area contributed by atoms with Crippen LogP contribution < -0.4 is 5.32 Å². The average molecular weight is 527 g/mol. The smallest absolute Gasteiger partial charge is 0.414 e. The zero-order chi connectivity index (χ0) is 24.9. The number of nitrogens with zero attached hydrogens (tertiary/aromatic N) is 3. The molecular formula is C22H27ClN4O5S2. The second-order valence-electron chi connectivity index (χ2n) is 9.35. The van der Waals surface area contributed by atoms with Crippen LogP contribution >= 0.6 is 22.9 Å². The fourth-order valence-electron chi connectivity index (χ4n) is 4.06. The second-order valence-corrected chi connectivity index (χ2v) is 13.0. The van der Waals surface area contributed by atoms with Gasteiger partial charge >= 0.3 is 6.09 Å². The molecular weight excluding hydrogens is 500 g/mol. The van der Waals surface area contributed by atoms with Crippen LogP contribution in [0.25, 0.3) is 10.4 Å². The van der Waals surface area contributed by atoms with Crippen molar-refractivity contribution < 1.29 is 22.7 Å². The van der Waals surface area contributed by atoms with Crippen LogP contribution in [0.5, 0.6) is 0 Å². The third kappa shape index (κ3) is 4.53. The number of hydrogen-bond donors (Lipinski definition) is 1. The third-order valence-corrected chi connectivity index (χ3v) is 9.57. The number of aryl methyl sites for hydroxylation is 1. The third-order valence-electron chi connectivity index (χ3n) is 5.63. The zero-order valence-electron chi connectivity index (χ0n) is 19.6. The monoisotopic (exact) mass is 526 g/mol. The van der Waals surface area contributed by atoms with Crippen molar-refractivity contribution in [3.63, 3.8) is 0 Å². The highest BCUT2D eigenvalue weighted by molar-refractivity contribution is 7.90. The number of fused-ring (bicyclic) bond motifs is 1. The number of ether oxygens (including phenoxy) is 2. The summed E-state index contributed by atoms with van der Waals surface area (Å²) < 4.78 is 39.0. The topological polar surface area (TPSA) is 110 Å². The van der Waals surface area contributed by atoms with Crippen molar-refractivity contribution in [3.8, 4) is 10.4 Å². The van der Waals surface area contributed by atoms with Crippen molar-refractivity contribution in [2.45, 2.75) is 50.5 Å². The first-order chi connectivity index (χ1) is 15.8. The maximum absolute atomic E-state index is 13.6. The zero-order valence-corrected chi connectivity index (χ0v) is 22.0.